The van der Waals surface area contributed by atoms with Crippen molar-refractivity contribution in [2.24, 2.45) is 0 Å². The number of carbonyl (C=O) groups excluding carboxylic acids is 2. The zero-order chi connectivity index (χ0) is 18.7. The minimum Gasteiger partial charge on any atom is -0.444 e. The van der Waals surface area contributed by atoms with Gasteiger partial charge in [-0.2, -0.15) is 0 Å². The Morgan fingerprint density at radius 2 is 1.84 bits per heavy atom. The smallest absolute Gasteiger partial charge is 0.412 e. The highest BCUT2D eigenvalue weighted by Crippen LogP contribution is 2.14. The highest BCUT2D eigenvalue weighted by Gasteiger charge is 2.28. The molecule has 1 saturated heterocycles. The van der Waals surface area contributed by atoms with Crippen molar-refractivity contribution in [1.29, 1.82) is 0 Å². The zero-order valence-electron chi connectivity index (χ0n) is 14.7. The first kappa shape index (κ1) is 19.2. The molecule has 1 unspecified atom stereocenters. The molecule has 2 rings (SSSR count). The molecule has 1 fully saturated rings. The van der Waals surface area contributed by atoms with Gasteiger partial charge in [0, 0.05) is 11.7 Å². The Morgan fingerprint density at radius 1 is 1.20 bits per heavy atom. The number of amides is 2. The standard InChI is InChI=1S/C17H24N2O5S/c1-17(2,3)24-16(21)19-13-6-4-12(5-7-13)10-15(20)18-14-8-9-25(22,23)11-14/h4-7,14H,8-11H2,1-3H3,(H,18,20)(H,19,21). The molecule has 138 valence electrons. The third kappa shape index (κ3) is 6.74. The number of nitrogens with one attached hydrogen (secondary N) is 2. The molecule has 0 saturated carbocycles. The summed E-state index contributed by atoms with van der Waals surface area (Å²) >= 11 is 0. The van der Waals surface area contributed by atoms with Crippen molar-refractivity contribution in [1.82, 2.24) is 5.32 Å². The molecular weight excluding hydrogens is 344 g/mol. The van der Waals surface area contributed by atoms with Gasteiger partial charge in [-0.05, 0) is 44.9 Å². The third-order valence-electron chi connectivity index (χ3n) is 3.56. The fourth-order valence-electron chi connectivity index (χ4n) is 2.50. The fraction of sp³-hybridized carbons (Fsp3) is 0.529. The van der Waals surface area contributed by atoms with Crippen molar-refractivity contribution in [3.63, 3.8) is 0 Å². The summed E-state index contributed by atoms with van der Waals surface area (Å²) in [4.78, 5) is 23.7. The molecule has 1 aromatic rings. The molecular formula is C17H24N2O5S. The first-order valence-corrected chi connectivity index (χ1v) is 9.93. The van der Waals surface area contributed by atoms with Crippen LogP contribution in [-0.4, -0.2) is 43.6 Å². The Morgan fingerprint density at radius 3 is 2.36 bits per heavy atom. The summed E-state index contributed by atoms with van der Waals surface area (Å²) in [5.74, 6) is -0.0737. The predicted octanol–water partition coefficient (Wildman–Crippen LogP) is 1.88. The number of rotatable bonds is 4. The molecule has 1 aliphatic rings. The van der Waals surface area contributed by atoms with Crippen LogP contribution in [0.1, 0.15) is 32.8 Å². The fourth-order valence-corrected chi connectivity index (χ4v) is 4.17. The van der Waals surface area contributed by atoms with Crippen LogP contribution in [0.3, 0.4) is 0 Å². The van der Waals surface area contributed by atoms with Crippen LogP contribution in [0.25, 0.3) is 0 Å². The molecule has 2 N–H and O–H groups in total. The number of anilines is 1. The topological polar surface area (TPSA) is 102 Å². The van der Waals surface area contributed by atoms with Gasteiger partial charge in [-0.3, -0.25) is 10.1 Å². The van der Waals surface area contributed by atoms with Crippen LogP contribution in [0.5, 0.6) is 0 Å². The lowest BCUT2D eigenvalue weighted by Gasteiger charge is -2.19. The molecule has 1 heterocycles. The van der Waals surface area contributed by atoms with E-state index in [9.17, 15) is 18.0 Å². The number of carbonyl (C=O) groups is 2. The van der Waals surface area contributed by atoms with E-state index in [1.54, 1.807) is 45.0 Å². The van der Waals surface area contributed by atoms with E-state index in [1.165, 1.54) is 0 Å². The van der Waals surface area contributed by atoms with Crippen molar-refractivity contribution in [2.75, 3.05) is 16.8 Å². The maximum atomic E-state index is 12.0. The van der Waals surface area contributed by atoms with Crippen LogP contribution in [0.15, 0.2) is 24.3 Å². The van der Waals surface area contributed by atoms with E-state index >= 15 is 0 Å². The van der Waals surface area contributed by atoms with Crippen molar-refractivity contribution >= 4 is 27.5 Å². The highest BCUT2D eigenvalue weighted by atomic mass is 32.2. The number of hydrogen-bond donors (Lipinski definition) is 2. The third-order valence-corrected chi connectivity index (χ3v) is 5.33. The van der Waals surface area contributed by atoms with Crippen LogP contribution in [0.4, 0.5) is 10.5 Å². The molecule has 25 heavy (non-hydrogen) atoms. The maximum absolute atomic E-state index is 12.0. The van der Waals surface area contributed by atoms with E-state index in [2.05, 4.69) is 10.6 Å². The summed E-state index contributed by atoms with van der Waals surface area (Å²) in [5.41, 5.74) is 0.768. The summed E-state index contributed by atoms with van der Waals surface area (Å²) in [6, 6.07) is 6.54. The highest BCUT2D eigenvalue weighted by molar-refractivity contribution is 7.91. The lowest BCUT2D eigenvalue weighted by Crippen LogP contribution is -2.36. The Hall–Kier alpha value is -2.09. The summed E-state index contributed by atoms with van der Waals surface area (Å²) in [5, 5.41) is 5.37. The lowest BCUT2D eigenvalue weighted by atomic mass is 10.1. The van der Waals surface area contributed by atoms with Gasteiger partial charge in [-0.15, -0.1) is 0 Å². The van der Waals surface area contributed by atoms with Gasteiger partial charge < -0.3 is 10.1 Å². The predicted molar refractivity (Wildman–Crippen MR) is 95.2 cm³/mol. The SMILES string of the molecule is CC(C)(C)OC(=O)Nc1ccc(CC(=O)NC2CCS(=O)(=O)C2)cc1. The molecule has 1 aliphatic heterocycles. The van der Waals surface area contributed by atoms with Gasteiger partial charge in [0.15, 0.2) is 9.84 Å². The van der Waals surface area contributed by atoms with Crippen LogP contribution < -0.4 is 10.6 Å². The normalized spacial score (nSPS) is 19.2. The first-order chi connectivity index (χ1) is 11.5. The molecule has 0 radical (unpaired) electrons. The minimum atomic E-state index is -3.01. The van der Waals surface area contributed by atoms with Gasteiger partial charge in [0.25, 0.3) is 0 Å². The monoisotopic (exact) mass is 368 g/mol. The lowest BCUT2D eigenvalue weighted by molar-refractivity contribution is -0.121. The van der Waals surface area contributed by atoms with E-state index in [0.29, 0.717) is 12.1 Å². The summed E-state index contributed by atoms with van der Waals surface area (Å²) in [6.45, 7) is 5.34. The quantitative estimate of drug-likeness (QED) is 0.845. The molecule has 2 amide bonds. The average molecular weight is 368 g/mol. The molecule has 0 spiro atoms. The molecule has 1 aromatic carbocycles. The Kier molecular flexibility index (Phi) is 5.72. The number of ether oxygens (including phenoxy) is 1. The average Bonchev–Trinajstić information content (AvgIpc) is 2.77. The second kappa shape index (κ2) is 7.43. The van der Waals surface area contributed by atoms with E-state index in [1.807, 2.05) is 0 Å². The number of hydrogen-bond acceptors (Lipinski definition) is 5. The summed E-state index contributed by atoms with van der Waals surface area (Å²) in [6.07, 6.45) is 0.0799. The largest absolute Gasteiger partial charge is 0.444 e. The number of sulfone groups is 1. The van der Waals surface area contributed by atoms with E-state index in [4.69, 9.17) is 4.74 Å². The van der Waals surface area contributed by atoms with Gasteiger partial charge >= 0.3 is 6.09 Å². The molecule has 0 aliphatic carbocycles. The van der Waals surface area contributed by atoms with Gasteiger partial charge in [0.1, 0.15) is 5.60 Å². The van der Waals surface area contributed by atoms with Crippen LogP contribution >= 0.6 is 0 Å². The Bertz CT molecular complexity index is 735. The molecule has 8 heteroatoms. The van der Waals surface area contributed by atoms with E-state index < -0.39 is 21.5 Å². The van der Waals surface area contributed by atoms with Gasteiger partial charge in [0.2, 0.25) is 5.91 Å². The van der Waals surface area contributed by atoms with Gasteiger partial charge in [0.05, 0.1) is 17.9 Å². The second-order valence-electron chi connectivity index (χ2n) is 7.17. The van der Waals surface area contributed by atoms with Crippen LogP contribution in [0.2, 0.25) is 0 Å². The van der Waals surface area contributed by atoms with Crippen molar-refractivity contribution in [3.8, 4) is 0 Å². The Balaban J connectivity index is 1.83. The van der Waals surface area contributed by atoms with Gasteiger partial charge in [-0.1, -0.05) is 12.1 Å². The van der Waals surface area contributed by atoms with E-state index in [0.717, 1.165) is 5.56 Å². The maximum Gasteiger partial charge on any atom is 0.412 e. The first-order valence-electron chi connectivity index (χ1n) is 8.11. The minimum absolute atomic E-state index is 0.0114. The zero-order valence-corrected chi connectivity index (χ0v) is 15.5. The van der Waals surface area contributed by atoms with Crippen LogP contribution in [0, 0.1) is 0 Å². The van der Waals surface area contributed by atoms with Crippen molar-refractivity contribution in [2.45, 2.75) is 45.3 Å². The van der Waals surface area contributed by atoms with Crippen molar-refractivity contribution in [3.05, 3.63) is 29.8 Å². The summed E-state index contributed by atoms with van der Waals surface area (Å²) in [7, 11) is -3.01. The Labute approximate surface area is 148 Å². The van der Waals surface area contributed by atoms with Gasteiger partial charge in [-0.25, -0.2) is 13.2 Å². The second-order valence-corrected chi connectivity index (χ2v) is 9.40. The van der Waals surface area contributed by atoms with Crippen molar-refractivity contribution < 1.29 is 22.7 Å². The number of benzene rings is 1. The summed E-state index contributed by atoms with van der Waals surface area (Å²) < 4.78 is 28.0. The molecule has 7 nitrogen and oxygen atoms in total. The molecule has 0 aromatic heterocycles. The van der Waals surface area contributed by atoms with Crippen LogP contribution in [-0.2, 0) is 25.8 Å². The molecule has 0 bridgehead atoms. The van der Waals surface area contributed by atoms with E-state index in [-0.39, 0.29) is 29.9 Å². The molecule has 1 atom stereocenters.